The van der Waals surface area contributed by atoms with Crippen molar-refractivity contribution in [2.24, 2.45) is 0 Å². The van der Waals surface area contributed by atoms with Crippen LogP contribution < -0.4 is 10.1 Å². The molecule has 4 rings (SSSR count). The molecular formula is C33H39ClN2O3. The zero-order valence-corrected chi connectivity index (χ0v) is 23.7. The first-order valence-electron chi connectivity index (χ1n) is 14.0. The van der Waals surface area contributed by atoms with Crippen molar-refractivity contribution in [2.45, 2.75) is 76.9 Å². The van der Waals surface area contributed by atoms with E-state index in [2.05, 4.69) is 19.2 Å². The molecule has 1 aliphatic carbocycles. The molecule has 1 N–H and O–H groups in total. The van der Waals surface area contributed by atoms with Gasteiger partial charge in [-0.15, -0.1) is 0 Å². The van der Waals surface area contributed by atoms with Gasteiger partial charge in [-0.3, -0.25) is 9.59 Å². The number of ether oxygens (including phenoxy) is 1. The number of halogens is 1. The van der Waals surface area contributed by atoms with Crippen LogP contribution in [0.2, 0.25) is 5.02 Å². The van der Waals surface area contributed by atoms with Crippen molar-refractivity contribution in [1.29, 1.82) is 0 Å². The molecule has 6 heteroatoms. The quantitative estimate of drug-likeness (QED) is 0.283. The van der Waals surface area contributed by atoms with Crippen molar-refractivity contribution < 1.29 is 14.3 Å². The lowest BCUT2D eigenvalue weighted by atomic mass is 9.94. The summed E-state index contributed by atoms with van der Waals surface area (Å²) in [6, 6.07) is 24.6. The van der Waals surface area contributed by atoms with Crippen molar-refractivity contribution in [3.05, 3.63) is 101 Å². The Morgan fingerprint density at radius 2 is 1.56 bits per heavy atom. The van der Waals surface area contributed by atoms with Gasteiger partial charge in [0.2, 0.25) is 5.91 Å². The Labute approximate surface area is 237 Å². The molecule has 39 heavy (non-hydrogen) atoms. The molecule has 0 radical (unpaired) electrons. The fourth-order valence-corrected chi connectivity index (χ4v) is 5.19. The van der Waals surface area contributed by atoms with Crippen LogP contribution in [0.3, 0.4) is 0 Å². The van der Waals surface area contributed by atoms with E-state index in [0.29, 0.717) is 23.1 Å². The highest BCUT2D eigenvalue weighted by Gasteiger charge is 2.32. The molecule has 0 aliphatic heterocycles. The number of rotatable bonds is 11. The fraction of sp³-hybridized carbons (Fsp3) is 0.394. The fourth-order valence-electron chi connectivity index (χ4n) is 5.06. The van der Waals surface area contributed by atoms with Crippen molar-refractivity contribution in [3.8, 4) is 5.75 Å². The van der Waals surface area contributed by atoms with Gasteiger partial charge in [-0.1, -0.05) is 99.3 Å². The largest absolute Gasteiger partial charge is 0.484 e. The Hall–Kier alpha value is -3.31. The monoisotopic (exact) mass is 546 g/mol. The second-order valence-electron chi connectivity index (χ2n) is 10.7. The molecule has 1 unspecified atom stereocenters. The standard InChI is InChI=1S/C33H39ClN2O3/c1-24(2)27-15-19-30(20-16-27)39-23-32(37)36(22-26-13-17-28(34)18-14-26)31(21-25-9-5-3-6-10-25)33(38)35-29-11-7-4-8-12-29/h3,5-6,9-10,13-20,24,29,31H,4,7-8,11-12,21-23H2,1-2H3,(H,35,38). The number of carbonyl (C=O) groups excluding carboxylic acids is 2. The minimum absolute atomic E-state index is 0.116. The first-order valence-corrected chi connectivity index (χ1v) is 14.4. The van der Waals surface area contributed by atoms with Crippen molar-refractivity contribution in [1.82, 2.24) is 10.2 Å². The molecule has 0 bridgehead atoms. The Bertz CT molecular complexity index is 1190. The lowest BCUT2D eigenvalue weighted by Gasteiger charge is -2.33. The minimum Gasteiger partial charge on any atom is -0.484 e. The van der Waals surface area contributed by atoms with E-state index in [0.717, 1.165) is 36.8 Å². The van der Waals surface area contributed by atoms with Gasteiger partial charge < -0.3 is 15.0 Å². The van der Waals surface area contributed by atoms with E-state index in [1.165, 1.54) is 12.0 Å². The Balaban J connectivity index is 1.58. The summed E-state index contributed by atoms with van der Waals surface area (Å²) < 4.78 is 5.93. The maximum Gasteiger partial charge on any atom is 0.261 e. The highest BCUT2D eigenvalue weighted by atomic mass is 35.5. The molecule has 0 saturated heterocycles. The molecule has 0 heterocycles. The number of nitrogens with zero attached hydrogens (tertiary/aromatic N) is 1. The van der Waals surface area contributed by atoms with E-state index in [-0.39, 0.29) is 31.0 Å². The summed E-state index contributed by atoms with van der Waals surface area (Å²) in [6.07, 6.45) is 5.81. The topological polar surface area (TPSA) is 58.6 Å². The van der Waals surface area contributed by atoms with E-state index < -0.39 is 6.04 Å². The van der Waals surface area contributed by atoms with E-state index in [1.54, 1.807) is 17.0 Å². The molecule has 2 amide bonds. The van der Waals surface area contributed by atoms with Crippen LogP contribution in [0, 0.1) is 0 Å². The number of hydrogen-bond acceptors (Lipinski definition) is 3. The molecule has 1 fully saturated rings. The van der Waals surface area contributed by atoms with Crippen LogP contribution in [-0.2, 0) is 22.6 Å². The molecule has 5 nitrogen and oxygen atoms in total. The third-order valence-electron chi connectivity index (χ3n) is 7.40. The van der Waals surface area contributed by atoms with E-state index >= 15 is 0 Å². The number of benzene rings is 3. The third-order valence-corrected chi connectivity index (χ3v) is 7.65. The Kier molecular flexibility index (Phi) is 10.4. The summed E-state index contributed by atoms with van der Waals surface area (Å²) in [5.74, 6) is 0.689. The summed E-state index contributed by atoms with van der Waals surface area (Å²) in [5.41, 5.74) is 3.11. The van der Waals surface area contributed by atoms with Gasteiger partial charge in [0.05, 0.1) is 0 Å². The average molecular weight is 547 g/mol. The Morgan fingerprint density at radius 1 is 0.897 bits per heavy atom. The van der Waals surface area contributed by atoms with Crippen LogP contribution in [0.15, 0.2) is 78.9 Å². The molecule has 1 atom stereocenters. The number of nitrogens with one attached hydrogen (secondary N) is 1. The summed E-state index contributed by atoms with van der Waals surface area (Å²) in [5, 5.41) is 3.89. The second kappa shape index (κ2) is 14.2. The molecular weight excluding hydrogens is 508 g/mol. The van der Waals surface area contributed by atoms with Gasteiger partial charge in [0.15, 0.2) is 6.61 Å². The summed E-state index contributed by atoms with van der Waals surface area (Å²) >= 11 is 6.12. The first kappa shape index (κ1) is 28.7. The molecule has 3 aromatic rings. The van der Waals surface area contributed by atoms with E-state index in [4.69, 9.17) is 16.3 Å². The predicted molar refractivity (Wildman–Crippen MR) is 157 cm³/mol. The maximum absolute atomic E-state index is 13.8. The average Bonchev–Trinajstić information content (AvgIpc) is 2.96. The van der Waals surface area contributed by atoms with Gasteiger partial charge >= 0.3 is 0 Å². The molecule has 206 valence electrons. The third kappa shape index (κ3) is 8.59. The van der Waals surface area contributed by atoms with E-state index in [1.807, 2.05) is 66.7 Å². The van der Waals surface area contributed by atoms with Crippen LogP contribution in [-0.4, -0.2) is 35.4 Å². The van der Waals surface area contributed by atoms with Gasteiger partial charge in [-0.25, -0.2) is 0 Å². The van der Waals surface area contributed by atoms with Crippen molar-refractivity contribution >= 4 is 23.4 Å². The smallest absolute Gasteiger partial charge is 0.261 e. The lowest BCUT2D eigenvalue weighted by Crippen LogP contribution is -2.53. The molecule has 1 saturated carbocycles. The zero-order chi connectivity index (χ0) is 27.6. The second-order valence-corrected chi connectivity index (χ2v) is 11.1. The molecule has 3 aromatic carbocycles. The van der Waals surface area contributed by atoms with Gasteiger partial charge in [0.25, 0.3) is 5.91 Å². The SMILES string of the molecule is CC(C)c1ccc(OCC(=O)N(Cc2ccc(Cl)cc2)C(Cc2ccccc2)C(=O)NC2CCCCC2)cc1. The van der Waals surface area contributed by atoms with Crippen LogP contribution in [0.5, 0.6) is 5.75 Å². The van der Waals surface area contributed by atoms with E-state index in [9.17, 15) is 9.59 Å². The van der Waals surface area contributed by atoms with Crippen LogP contribution >= 0.6 is 11.6 Å². The van der Waals surface area contributed by atoms with Crippen LogP contribution in [0.1, 0.15) is 68.6 Å². The normalized spacial score (nSPS) is 14.6. The lowest BCUT2D eigenvalue weighted by molar-refractivity contribution is -0.143. The highest BCUT2D eigenvalue weighted by molar-refractivity contribution is 6.30. The maximum atomic E-state index is 13.8. The minimum atomic E-state index is -0.676. The van der Waals surface area contributed by atoms with Crippen molar-refractivity contribution in [3.63, 3.8) is 0 Å². The highest BCUT2D eigenvalue weighted by Crippen LogP contribution is 2.22. The van der Waals surface area contributed by atoms with Gasteiger partial charge in [-0.05, 0) is 59.7 Å². The number of carbonyl (C=O) groups is 2. The molecule has 1 aliphatic rings. The Morgan fingerprint density at radius 3 is 2.21 bits per heavy atom. The first-order chi connectivity index (χ1) is 18.9. The van der Waals surface area contributed by atoms with Crippen LogP contribution in [0.25, 0.3) is 0 Å². The van der Waals surface area contributed by atoms with Gasteiger partial charge in [-0.2, -0.15) is 0 Å². The summed E-state index contributed by atoms with van der Waals surface area (Å²) in [7, 11) is 0. The summed E-state index contributed by atoms with van der Waals surface area (Å²) in [6.45, 7) is 4.40. The number of hydrogen-bond donors (Lipinski definition) is 1. The molecule has 0 spiro atoms. The summed E-state index contributed by atoms with van der Waals surface area (Å²) in [4.78, 5) is 29.3. The van der Waals surface area contributed by atoms with Gasteiger partial charge in [0.1, 0.15) is 11.8 Å². The number of amides is 2. The van der Waals surface area contributed by atoms with Gasteiger partial charge in [0, 0.05) is 24.0 Å². The van der Waals surface area contributed by atoms with Crippen molar-refractivity contribution in [2.75, 3.05) is 6.61 Å². The van der Waals surface area contributed by atoms with Crippen LogP contribution in [0.4, 0.5) is 0 Å². The zero-order valence-electron chi connectivity index (χ0n) is 22.9. The molecule has 0 aromatic heterocycles. The predicted octanol–water partition coefficient (Wildman–Crippen LogP) is 6.93.